The highest BCUT2D eigenvalue weighted by molar-refractivity contribution is 6.03. The van der Waals surface area contributed by atoms with E-state index in [1.807, 2.05) is 49.4 Å². The molecule has 30 heavy (non-hydrogen) atoms. The summed E-state index contributed by atoms with van der Waals surface area (Å²) >= 11 is 0. The molecule has 0 fully saturated rings. The second-order valence-corrected chi connectivity index (χ2v) is 6.56. The average Bonchev–Trinajstić information content (AvgIpc) is 2.77. The van der Waals surface area contributed by atoms with Gasteiger partial charge in [-0.05, 0) is 36.8 Å². The highest BCUT2D eigenvalue weighted by Crippen LogP contribution is 2.41. The topological polar surface area (TPSA) is 87.9 Å². The molecule has 0 saturated carbocycles. The first-order valence-electron chi connectivity index (χ1n) is 9.17. The third-order valence-electron chi connectivity index (χ3n) is 4.60. The van der Waals surface area contributed by atoms with E-state index in [1.165, 1.54) is 20.3 Å². The van der Waals surface area contributed by atoms with Gasteiger partial charge < -0.3 is 14.2 Å². The Labute approximate surface area is 174 Å². The van der Waals surface area contributed by atoms with Crippen LogP contribution >= 0.6 is 0 Å². The van der Waals surface area contributed by atoms with Gasteiger partial charge in [-0.2, -0.15) is 0 Å². The molecule has 0 aliphatic carbocycles. The van der Waals surface area contributed by atoms with Crippen molar-refractivity contribution >= 4 is 11.7 Å². The van der Waals surface area contributed by atoms with Crippen LogP contribution in [0.15, 0.2) is 60.7 Å². The molecule has 0 saturated heterocycles. The van der Waals surface area contributed by atoms with Crippen LogP contribution in [0.25, 0.3) is 11.1 Å². The van der Waals surface area contributed by atoms with Crippen LogP contribution in [-0.4, -0.2) is 25.1 Å². The van der Waals surface area contributed by atoms with Gasteiger partial charge in [-0.25, -0.2) is 4.79 Å². The van der Waals surface area contributed by atoms with Crippen molar-refractivity contribution in [3.63, 3.8) is 0 Å². The summed E-state index contributed by atoms with van der Waals surface area (Å²) in [6.45, 7) is 2.20. The third kappa shape index (κ3) is 4.25. The number of rotatable bonds is 7. The highest BCUT2D eigenvalue weighted by atomic mass is 16.6. The molecule has 0 aliphatic heterocycles. The summed E-state index contributed by atoms with van der Waals surface area (Å²) in [6, 6.07) is 18.2. The van der Waals surface area contributed by atoms with Gasteiger partial charge in [0.25, 0.3) is 0 Å². The number of benzene rings is 3. The van der Waals surface area contributed by atoms with Crippen LogP contribution in [0.3, 0.4) is 0 Å². The van der Waals surface area contributed by atoms with Crippen LogP contribution in [0.4, 0.5) is 5.69 Å². The third-order valence-corrected chi connectivity index (χ3v) is 4.60. The van der Waals surface area contributed by atoms with Crippen LogP contribution < -0.4 is 9.47 Å². The van der Waals surface area contributed by atoms with E-state index in [4.69, 9.17) is 14.2 Å². The van der Waals surface area contributed by atoms with Gasteiger partial charge in [-0.3, -0.25) is 10.1 Å². The van der Waals surface area contributed by atoms with Crippen molar-refractivity contribution in [2.24, 2.45) is 0 Å². The maximum absolute atomic E-state index is 12.6. The number of nitro groups is 1. The summed E-state index contributed by atoms with van der Waals surface area (Å²) in [5.74, 6) is -0.358. The fourth-order valence-electron chi connectivity index (χ4n) is 3.17. The van der Waals surface area contributed by atoms with Crippen LogP contribution in [0.2, 0.25) is 0 Å². The molecule has 0 amide bonds. The molecule has 0 atom stereocenters. The molecule has 3 aromatic rings. The number of methoxy groups -OCH3 is 2. The number of nitrogens with zero attached hydrogens (tertiary/aromatic N) is 1. The lowest BCUT2D eigenvalue weighted by molar-refractivity contribution is -0.386. The molecule has 0 aliphatic rings. The largest absolute Gasteiger partial charge is 0.490 e. The minimum absolute atomic E-state index is 0.0245. The normalized spacial score (nSPS) is 10.4. The van der Waals surface area contributed by atoms with E-state index in [2.05, 4.69) is 0 Å². The van der Waals surface area contributed by atoms with Crippen molar-refractivity contribution in [3.8, 4) is 22.6 Å². The molecule has 0 unspecified atom stereocenters. The second-order valence-electron chi connectivity index (χ2n) is 6.56. The lowest BCUT2D eigenvalue weighted by Crippen LogP contribution is -2.10. The van der Waals surface area contributed by atoms with Crippen molar-refractivity contribution in [2.45, 2.75) is 13.5 Å². The first-order valence-corrected chi connectivity index (χ1v) is 9.17. The summed E-state index contributed by atoms with van der Waals surface area (Å²) < 4.78 is 16.0. The first kappa shape index (κ1) is 20.9. The van der Waals surface area contributed by atoms with Crippen molar-refractivity contribution in [3.05, 3.63) is 87.5 Å². The number of ether oxygens (including phenoxy) is 3. The molecule has 154 valence electrons. The number of carbonyl (C=O) groups excluding carboxylic acids is 1. The van der Waals surface area contributed by atoms with E-state index in [9.17, 15) is 14.9 Å². The van der Waals surface area contributed by atoms with Crippen LogP contribution in [0.5, 0.6) is 11.5 Å². The molecule has 3 rings (SSSR count). The number of esters is 1. The zero-order valence-electron chi connectivity index (χ0n) is 16.9. The molecule has 0 heterocycles. The summed E-state index contributed by atoms with van der Waals surface area (Å²) in [5, 5.41) is 11.8. The molecule has 7 heteroatoms. The lowest BCUT2D eigenvalue weighted by Gasteiger charge is -2.16. The van der Waals surface area contributed by atoms with Gasteiger partial charge in [0.05, 0.1) is 19.1 Å². The van der Waals surface area contributed by atoms with E-state index in [1.54, 1.807) is 12.1 Å². The molecule has 0 bridgehead atoms. The van der Waals surface area contributed by atoms with Crippen molar-refractivity contribution in [2.75, 3.05) is 14.2 Å². The number of hydrogen-bond acceptors (Lipinski definition) is 6. The van der Waals surface area contributed by atoms with E-state index in [0.29, 0.717) is 23.5 Å². The average molecular weight is 407 g/mol. The summed E-state index contributed by atoms with van der Waals surface area (Å²) in [5.41, 5.74) is 2.14. The monoisotopic (exact) mass is 407 g/mol. The molecular formula is C23H21NO6. The van der Waals surface area contributed by atoms with E-state index in [0.717, 1.165) is 11.1 Å². The van der Waals surface area contributed by atoms with E-state index in [-0.39, 0.29) is 11.3 Å². The van der Waals surface area contributed by atoms with Crippen molar-refractivity contribution in [1.29, 1.82) is 0 Å². The van der Waals surface area contributed by atoms with Crippen LogP contribution in [0, 0.1) is 17.0 Å². The first-order chi connectivity index (χ1) is 14.5. The molecule has 3 aromatic carbocycles. The number of aryl methyl sites for hydroxylation is 1. The van der Waals surface area contributed by atoms with Crippen molar-refractivity contribution in [1.82, 2.24) is 0 Å². The Morgan fingerprint density at radius 1 is 0.967 bits per heavy atom. The molecular weight excluding hydrogens is 386 g/mol. The van der Waals surface area contributed by atoms with Crippen molar-refractivity contribution < 1.29 is 23.9 Å². The summed E-state index contributed by atoms with van der Waals surface area (Å²) in [7, 11) is 2.49. The van der Waals surface area contributed by atoms with E-state index >= 15 is 0 Å². The quantitative estimate of drug-likeness (QED) is 0.313. The van der Waals surface area contributed by atoms with Gasteiger partial charge in [0.1, 0.15) is 17.9 Å². The Balaban J connectivity index is 2.17. The minimum atomic E-state index is -0.828. The van der Waals surface area contributed by atoms with Gasteiger partial charge in [0.2, 0.25) is 0 Å². The maximum atomic E-state index is 12.6. The van der Waals surface area contributed by atoms with Gasteiger partial charge in [-0.15, -0.1) is 0 Å². The highest BCUT2D eigenvalue weighted by Gasteiger charge is 2.31. The molecule has 0 spiro atoms. The maximum Gasteiger partial charge on any atom is 0.345 e. The van der Waals surface area contributed by atoms with Crippen LogP contribution in [-0.2, 0) is 11.3 Å². The molecule has 0 N–H and O–H groups in total. The smallest absolute Gasteiger partial charge is 0.345 e. The number of carbonyl (C=O) groups is 1. The zero-order chi connectivity index (χ0) is 21.7. The second kappa shape index (κ2) is 9.09. The van der Waals surface area contributed by atoms with Gasteiger partial charge in [0, 0.05) is 11.1 Å². The number of nitro benzene ring substituents is 1. The zero-order valence-corrected chi connectivity index (χ0v) is 16.9. The predicted molar refractivity (Wildman–Crippen MR) is 112 cm³/mol. The minimum Gasteiger partial charge on any atom is -0.490 e. The van der Waals surface area contributed by atoms with E-state index < -0.39 is 16.6 Å². The lowest BCUT2D eigenvalue weighted by atomic mass is 9.95. The SMILES string of the molecule is COC(=O)c1c(-c2cc(C)ccc2OCc2ccccc2)ccc(OC)c1[N+](=O)[O-]. The van der Waals surface area contributed by atoms with Gasteiger partial charge >= 0.3 is 11.7 Å². The van der Waals surface area contributed by atoms with Gasteiger partial charge in [-0.1, -0.05) is 42.0 Å². The fourth-order valence-corrected chi connectivity index (χ4v) is 3.17. The standard InChI is InChI=1S/C23H21NO6/c1-15-9-11-19(30-14-16-7-5-4-6-8-16)18(13-15)17-10-12-20(28-2)22(24(26)27)21(17)23(25)29-3/h4-13H,14H2,1-3H3. The molecule has 7 nitrogen and oxygen atoms in total. The predicted octanol–water partition coefficient (Wildman–Crippen LogP) is 4.94. The Morgan fingerprint density at radius 2 is 1.67 bits per heavy atom. The number of hydrogen-bond donors (Lipinski definition) is 0. The Morgan fingerprint density at radius 3 is 2.30 bits per heavy atom. The Kier molecular flexibility index (Phi) is 6.32. The Bertz CT molecular complexity index is 1080. The molecule has 0 aromatic heterocycles. The van der Waals surface area contributed by atoms with Crippen LogP contribution in [0.1, 0.15) is 21.5 Å². The molecule has 0 radical (unpaired) electrons. The Hall–Kier alpha value is -3.87. The summed E-state index contributed by atoms with van der Waals surface area (Å²) in [6.07, 6.45) is 0. The van der Waals surface area contributed by atoms with Gasteiger partial charge in [0.15, 0.2) is 5.75 Å². The fraction of sp³-hybridized carbons (Fsp3) is 0.174. The summed E-state index contributed by atoms with van der Waals surface area (Å²) in [4.78, 5) is 23.7.